The molecule has 0 aliphatic heterocycles. The Labute approximate surface area is 151 Å². The summed E-state index contributed by atoms with van der Waals surface area (Å²) in [6, 6.07) is 8.44. The minimum Gasteiger partial charge on any atom is -0.493 e. The van der Waals surface area contributed by atoms with Gasteiger partial charge < -0.3 is 26.1 Å². The molecule has 138 valence electrons. The summed E-state index contributed by atoms with van der Waals surface area (Å²) in [4.78, 5) is 20.8. The predicted molar refractivity (Wildman–Crippen MR) is 94.5 cm³/mol. The molecule has 26 heavy (non-hydrogen) atoms. The lowest BCUT2D eigenvalue weighted by molar-refractivity contribution is -0.742. The molecule has 0 saturated heterocycles. The smallest absolute Gasteiger partial charge is 0.353 e. The van der Waals surface area contributed by atoms with Crippen LogP contribution in [0.5, 0.6) is 11.5 Å². The molecule has 0 saturated carbocycles. The molecule has 0 spiro atoms. The highest BCUT2D eigenvalue weighted by atomic mass is 32.1. The average molecular weight is 381 g/mol. The van der Waals surface area contributed by atoms with Crippen molar-refractivity contribution in [2.75, 3.05) is 7.11 Å². The van der Waals surface area contributed by atoms with Crippen molar-refractivity contribution in [1.29, 1.82) is 0 Å². The van der Waals surface area contributed by atoms with E-state index in [0.717, 1.165) is 0 Å². The third kappa shape index (κ3) is 7.27. The Morgan fingerprint density at radius 3 is 2.58 bits per heavy atom. The van der Waals surface area contributed by atoms with Crippen LogP contribution in [0.25, 0.3) is 0 Å². The number of methoxy groups -OCH3 is 1. The Balaban J connectivity index is 0.000000765. The number of ether oxygens (including phenoxy) is 2. The molecule has 0 radical (unpaired) electrons. The van der Waals surface area contributed by atoms with Gasteiger partial charge in [-0.3, -0.25) is 0 Å². The van der Waals surface area contributed by atoms with Crippen LogP contribution in [-0.2, 0) is 0 Å². The molecule has 1 heterocycles. The zero-order valence-electron chi connectivity index (χ0n) is 13.4. The third-order valence-electron chi connectivity index (χ3n) is 2.49. The van der Waals surface area contributed by atoms with Gasteiger partial charge in [0.15, 0.2) is 11.5 Å². The first-order valence-electron chi connectivity index (χ1n) is 6.72. The predicted octanol–water partition coefficient (Wildman–Crippen LogP) is 1.24. The fourth-order valence-electron chi connectivity index (χ4n) is 1.56. The average Bonchev–Trinajstić information content (AvgIpc) is 3.09. The Kier molecular flexibility index (Phi) is 8.03. The van der Waals surface area contributed by atoms with Crippen LogP contribution in [0.3, 0.4) is 0 Å². The summed E-state index contributed by atoms with van der Waals surface area (Å²) in [5.74, 6) is 0.151. The van der Waals surface area contributed by atoms with Gasteiger partial charge in [-0.05, 0) is 35.2 Å². The second kappa shape index (κ2) is 10.2. The minimum atomic E-state index is -1.50. The van der Waals surface area contributed by atoms with E-state index in [9.17, 15) is 4.79 Å². The van der Waals surface area contributed by atoms with E-state index < -0.39 is 11.1 Å². The van der Waals surface area contributed by atoms with Gasteiger partial charge in [0.1, 0.15) is 4.88 Å². The summed E-state index contributed by atoms with van der Waals surface area (Å²) < 4.78 is 10.5. The van der Waals surface area contributed by atoms with Gasteiger partial charge >= 0.3 is 5.97 Å². The molecule has 0 atom stereocenters. The topological polar surface area (TPSA) is 176 Å². The standard InChI is InChI=1S/C14H14N4O3S.HNO3/c1-20-11-7-9(8-17-18-14(15)16)4-5-10(11)21-13(19)12-3-2-6-22-12;2-1(3)4/h2-8H,1H3,(H4,15,16,18);(H,2,3,4)/b17-8+;. The fourth-order valence-corrected chi connectivity index (χ4v) is 2.15. The second-order valence-electron chi connectivity index (χ2n) is 4.28. The minimum absolute atomic E-state index is 0.135. The van der Waals surface area contributed by atoms with Crippen LogP contribution in [0.2, 0.25) is 0 Å². The van der Waals surface area contributed by atoms with Crippen molar-refractivity contribution >= 4 is 29.5 Å². The van der Waals surface area contributed by atoms with E-state index in [1.807, 2.05) is 0 Å². The molecule has 12 heteroatoms. The van der Waals surface area contributed by atoms with Gasteiger partial charge in [-0.25, -0.2) is 4.79 Å². The van der Waals surface area contributed by atoms with E-state index in [1.54, 1.807) is 35.7 Å². The molecular formula is C14H15N5O6S. The molecule has 5 N–H and O–H groups in total. The van der Waals surface area contributed by atoms with Crippen LogP contribution in [0.15, 0.2) is 45.9 Å². The lowest BCUT2D eigenvalue weighted by atomic mass is 10.2. The molecule has 0 unspecified atom stereocenters. The van der Waals surface area contributed by atoms with Gasteiger partial charge in [0.25, 0.3) is 5.09 Å². The Morgan fingerprint density at radius 1 is 1.35 bits per heavy atom. The van der Waals surface area contributed by atoms with Crippen LogP contribution in [0.1, 0.15) is 15.2 Å². The van der Waals surface area contributed by atoms with Crippen molar-refractivity contribution in [3.8, 4) is 11.5 Å². The number of nitrogens with two attached hydrogens (primary N) is 2. The van der Waals surface area contributed by atoms with Crippen LogP contribution in [0, 0.1) is 10.1 Å². The van der Waals surface area contributed by atoms with E-state index in [4.69, 9.17) is 36.3 Å². The molecule has 11 nitrogen and oxygen atoms in total. The number of carbonyl (C=O) groups excluding carboxylic acids is 1. The van der Waals surface area contributed by atoms with E-state index in [1.165, 1.54) is 24.7 Å². The van der Waals surface area contributed by atoms with Crippen LogP contribution >= 0.6 is 11.3 Å². The zero-order chi connectivity index (χ0) is 19.5. The lowest BCUT2D eigenvalue weighted by Gasteiger charge is -2.09. The zero-order valence-corrected chi connectivity index (χ0v) is 14.3. The maximum atomic E-state index is 11.9. The number of rotatable bonds is 5. The molecular weight excluding hydrogens is 366 g/mol. The molecule has 1 aromatic carbocycles. The van der Waals surface area contributed by atoms with E-state index in [0.29, 0.717) is 21.9 Å². The normalized spacial score (nSPS) is 9.73. The maximum absolute atomic E-state index is 11.9. The van der Waals surface area contributed by atoms with Crippen LogP contribution in [-0.4, -0.2) is 35.5 Å². The van der Waals surface area contributed by atoms with Crippen molar-refractivity contribution in [2.45, 2.75) is 0 Å². The monoisotopic (exact) mass is 381 g/mol. The van der Waals surface area contributed by atoms with Crippen molar-refractivity contribution in [3.63, 3.8) is 0 Å². The molecule has 0 aliphatic rings. The molecule has 1 aromatic heterocycles. The molecule has 0 bridgehead atoms. The first-order valence-corrected chi connectivity index (χ1v) is 7.60. The summed E-state index contributed by atoms with van der Waals surface area (Å²) >= 11 is 1.31. The van der Waals surface area contributed by atoms with Crippen LogP contribution < -0.4 is 20.9 Å². The summed E-state index contributed by atoms with van der Waals surface area (Å²) in [6.07, 6.45) is 1.45. The summed E-state index contributed by atoms with van der Waals surface area (Å²) in [7, 11) is 1.48. The number of thiophene rings is 1. The number of nitrogens with zero attached hydrogens (tertiary/aromatic N) is 3. The number of guanidine groups is 1. The first-order chi connectivity index (χ1) is 12.3. The second-order valence-corrected chi connectivity index (χ2v) is 5.23. The van der Waals surface area contributed by atoms with Crippen molar-refractivity contribution in [2.24, 2.45) is 21.7 Å². The lowest BCUT2D eigenvalue weighted by Crippen LogP contribution is -2.21. The highest BCUT2D eigenvalue weighted by Gasteiger charge is 2.13. The first kappa shape index (κ1) is 20.4. The Morgan fingerprint density at radius 2 is 2.04 bits per heavy atom. The van der Waals surface area contributed by atoms with Crippen LogP contribution in [0.4, 0.5) is 0 Å². The number of hydrogen-bond acceptors (Lipinski definition) is 8. The van der Waals surface area contributed by atoms with Gasteiger partial charge in [-0.2, -0.15) is 5.10 Å². The summed E-state index contributed by atoms with van der Waals surface area (Å²) in [5, 5.41) is 22.6. The maximum Gasteiger partial charge on any atom is 0.353 e. The molecule has 0 aliphatic carbocycles. The van der Waals surface area contributed by atoms with Crippen molar-refractivity contribution < 1.29 is 24.6 Å². The number of carbonyl (C=O) groups is 1. The van der Waals surface area contributed by atoms with Gasteiger partial charge in [0, 0.05) is 0 Å². The Hall–Kier alpha value is -3.67. The number of benzene rings is 1. The fraction of sp³-hybridized carbons (Fsp3) is 0.0714. The number of esters is 1. The van der Waals surface area contributed by atoms with Gasteiger partial charge in [0.05, 0.1) is 13.3 Å². The molecule has 2 aromatic rings. The van der Waals surface area contributed by atoms with E-state index >= 15 is 0 Å². The highest BCUT2D eigenvalue weighted by Crippen LogP contribution is 2.28. The third-order valence-corrected chi connectivity index (χ3v) is 3.34. The van der Waals surface area contributed by atoms with Gasteiger partial charge in [-0.1, -0.05) is 6.07 Å². The van der Waals surface area contributed by atoms with E-state index in [-0.39, 0.29) is 5.96 Å². The van der Waals surface area contributed by atoms with Crippen molar-refractivity contribution in [3.05, 3.63) is 56.3 Å². The molecule has 0 amide bonds. The van der Waals surface area contributed by atoms with Crippen molar-refractivity contribution in [1.82, 2.24) is 0 Å². The quantitative estimate of drug-likeness (QED) is 0.173. The summed E-state index contributed by atoms with van der Waals surface area (Å²) in [6.45, 7) is 0. The largest absolute Gasteiger partial charge is 0.493 e. The molecule has 0 fully saturated rings. The SMILES string of the molecule is COc1cc(/C=N/N=C(N)N)ccc1OC(=O)c1cccs1.O=[N+]([O-])O. The van der Waals surface area contributed by atoms with Gasteiger partial charge in [0.2, 0.25) is 5.96 Å². The molecule has 2 rings (SSSR count). The Bertz CT molecular complexity index is 798. The van der Waals surface area contributed by atoms with Gasteiger partial charge in [-0.15, -0.1) is 26.6 Å². The highest BCUT2D eigenvalue weighted by molar-refractivity contribution is 7.12. The van der Waals surface area contributed by atoms with E-state index in [2.05, 4.69) is 10.2 Å². The number of hydrogen-bond donors (Lipinski definition) is 3. The summed E-state index contributed by atoms with van der Waals surface area (Å²) in [5.41, 5.74) is 11.0.